The van der Waals surface area contributed by atoms with Gasteiger partial charge in [-0.05, 0) is 19.1 Å². The highest BCUT2D eigenvalue weighted by Gasteiger charge is 2.09. The number of aryl methyl sites for hydroxylation is 1. The molecule has 0 spiro atoms. The Morgan fingerprint density at radius 1 is 1.62 bits per heavy atom. The molecular formula is C10H12N4O2. The monoisotopic (exact) mass is 220 g/mol. The fourth-order valence-corrected chi connectivity index (χ4v) is 1.67. The van der Waals surface area contributed by atoms with Crippen molar-refractivity contribution in [2.45, 2.75) is 13.5 Å². The maximum Gasteiger partial charge on any atom is 0.409 e. The maximum atomic E-state index is 10.6. The zero-order chi connectivity index (χ0) is 11.7. The molecule has 0 aliphatic carbocycles. The number of nitrogen functional groups attached to an aromatic ring is 1. The number of carboxylic acid groups (broad SMARTS) is 1. The summed E-state index contributed by atoms with van der Waals surface area (Å²) in [6.45, 7) is 2.67. The second-order valence-corrected chi connectivity index (χ2v) is 3.39. The minimum absolute atomic E-state index is 0.460. The van der Waals surface area contributed by atoms with Crippen molar-refractivity contribution in [2.24, 2.45) is 0 Å². The largest absolute Gasteiger partial charge is 0.465 e. The molecule has 1 aromatic carbocycles. The molecule has 0 atom stereocenters. The van der Waals surface area contributed by atoms with Crippen LogP contribution in [0.25, 0.3) is 10.9 Å². The van der Waals surface area contributed by atoms with Gasteiger partial charge in [0.2, 0.25) is 0 Å². The summed E-state index contributed by atoms with van der Waals surface area (Å²) in [5.41, 5.74) is 7.50. The molecule has 16 heavy (non-hydrogen) atoms. The first kappa shape index (κ1) is 10.3. The predicted molar refractivity (Wildman–Crippen MR) is 61.5 cm³/mol. The number of anilines is 2. The summed E-state index contributed by atoms with van der Waals surface area (Å²) in [7, 11) is 0. The highest BCUT2D eigenvalue weighted by molar-refractivity contribution is 6.00. The molecule has 0 saturated carbocycles. The van der Waals surface area contributed by atoms with E-state index in [4.69, 9.17) is 10.8 Å². The lowest BCUT2D eigenvalue weighted by Crippen LogP contribution is -2.08. The Morgan fingerprint density at radius 2 is 2.38 bits per heavy atom. The van der Waals surface area contributed by atoms with Gasteiger partial charge in [0, 0.05) is 17.6 Å². The van der Waals surface area contributed by atoms with E-state index in [1.807, 2.05) is 6.92 Å². The van der Waals surface area contributed by atoms with Crippen molar-refractivity contribution in [1.29, 1.82) is 0 Å². The average Bonchev–Trinajstić information content (AvgIpc) is 2.59. The highest BCUT2D eigenvalue weighted by Crippen LogP contribution is 2.26. The number of benzene rings is 1. The molecule has 2 aromatic rings. The Hall–Kier alpha value is -2.24. The number of nitrogens with two attached hydrogens (primary N) is 1. The van der Waals surface area contributed by atoms with Crippen molar-refractivity contribution in [3.8, 4) is 0 Å². The Balaban J connectivity index is 2.64. The van der Waals surface area contributed by atoms with Gasteiger partial charge in [-0.1, -0.05) is 0 Å². The number of rotatable bonds is 2. The number of amides is 1. The van der Waals surface area contributed by atoms with E-state index in [9.17, 15) is 4.79 Å². The number of nitrogens with zero attached hydrogens (tertiary/aromatic N) is 2. The molecule has 0 aliphatic heterocycles. The fourth-order valence-electron chi connectivity index (χ4n) is 1.67. The molecule has 1 amide bonds. The van der Waals surface area contributed by atoms with E-state index in [0.29, 0.717) is 17.9 Å². The van der Waals surface area contributed by atoms with E-state index in [0.717, 1.165) is 10.9 Å². The fraction of sp³-hybridized carbons (Fsp3) is 0.200. The van der Waals surface area contributed by atoms with Crippen LogP contribution in [0.5, 0.6) is 0 Å². The second kappa shape index (κ2) is 3.73. The van der Waals surface area contributed by atoms with Crippen LogP contribution in [0.4, 0.5) is 16.2 Å². The van der Waals surface area contributed by atoms with Gasteiger partial charge in [0.05, 0.1) is 17.4 Å². The second-order valence-electron chi connectivity index (χ2n) is 3.39. The number of carbonyl (C=O) groups is 1. The first-order valence-corrected chi connectivity index (χ1v) is 4.86. The third kappa shape index (κ3) is 1.65. The van der Waals surface area contributed by atoms with Gasteiger partial charge in [0.25, 0.3) is 0 Å². The van der Waals surface area contributed by atoms with Crippen molar-refractivity contribution in [3.05, 3.63) is 18.3 Å². The van der Waals surface area contributed by atoms with Crippen molar-refractivity contribution >= 4 is 28.4 Å². The molecule has 6 nitrogen and oxygen atoms in total. The molecular weight excluding hydrogens is 208 g/mol. The predicted octanol–water partition coefficient (Wildman–Crippen LogP) is 1.73. The first-order chi connectivity index (χ1) is 7.61. The van der Waals surface area contributed by atoms with Gasteiger partial charge in [0.1, 0.15) is 0 Å². The number of nitrogens with one attached hydrogen (secondary N) is 1. The van der Waals surface area contributed by atoms with Crippen LogP contribution in [0.3, 0.4) is 0 Å². The van der Waals surface area contributed by atoms with Gasteiger partial charge >= 0.3 is 6.09 Å². The van der Waals surface area contributed by atoms with Crippen molar-refractivity contribution in [3.63, 3.8) is 0 Å². The summed E-state index contributed by atoms with van der Waals surface area (Å²) in [6.07, 6.45) is 0.514. The Bertz CT molecular complexity index is 547. The quantitative estimate of drug-likeness (QED) is 0.672. The minimum atomic E-state index is -1.11. The summed E-state index contributed by atoms with van der Waals surface area (Å²) in [5.74, 6) is 0. The normalized spacial score (nSPS) is 10.6. The maximum absolute atomic E-state index is 10.6. The van der Waals surface area contributed by atoms with Crippen molar-refractivity contribution in [1.82, 2.24) is 9.78 Å². The summed E-state index contributed by atoms with van der Waals surface area (Å²) >= 11 is 0. The van der Waals surface area contributed by atoms with E-state index in [-0.39, 0.29) is 0 Å². The molecule has 0 bridgehead atoms. The lowest BCUT2D eigenvalue weighted by Gasteiger charge is -2.05. The van der Waals surface area contributed by atoms with E-state index >= 15 is 0 Å². The number of hydrogen-bond acceptors (Lipinski definition) is 3. The molecule has 1 heterocycles. The van der Waals surface area contributed by atoms with E-state index in [1.165, 1.54) is 0 Å². The molecule has 4 N–H and O–H groups in total. The van der Waals surface area contributed by atoms with E-state index in [1.54, 1.807) is 23.0 Å². The van der Waals surface area contributed by atoms with Crippen molar-refractivity contribution in [2.75, 3.05) is 11.1 Å². The highest BCUT2D eigenvalue weighted by atomic mass is 16.4. The van der Waals surface area contributed by atoms with E-state index in [2.05, 4.69) is 10.4 Å². The van der Waals surface area contributed by atoms with Crippen LogP contribution in [0.15, 0.2) is 18.3 Å². The molecule has 2 rings (SSSR count). The van der Waals surface area contributed by atoms with Crippen LogP contribution >= 0.6 is 0 Å². The summed E-state index contributed by atoms with van der Waals surface area (Å²) in [5, 5.41) is 15.9. The SMILES string of the molecule is CCn1ncc2c(NC(=O)O)cc(N)cc21. The molecule has 0 aliphatic rings. The smallest absolute Gasteiger partial charge is 0.409 e. The molecule has 1 aromatic heterocycles. The Labute approximate surface area is 91.7 Å². The molecule has 84 valence electrons. The number of fused-ring (bicyclic) bond motifs is 1. The van der Waals surface area contributed by atoms with Crippen molar-refractivity contribution < 1.29 is 9.90 Å². The van der Waals surface area contributed by atoms with Gasteiger partial charge < -0.3 is 10.8 Å². The molecule has 6 heteroatoms. The standard InChI is InChI=1S/C10H12N4O2/c1-2-14-9-4-6(11)3-8(13-10(15)16)7(9)5-12-14/h3-5,13H,2,11H2,1H3,(H,15,16). The summed E-state index contributed by atoms with van der Waals surface area (Å²) in [6, 6.07) is 3.36. The van der Waals surface area contributed by atoms with Crippen LogP contribution in [-0.4, -0.2) is 21.0 Å². The average molecular weight is 220 g/mol. The zero-order valence-electron chi connectivity index (χ0n) is 8.77. The van der Waals surface area contributed by atoms with Gasteiger partial charge in [-0.15, -0.1) is 0 Å². The number of aromatic nitrogens is 2. The van der Waals surface area contributed by atoms with Crippen LogP contribution < -0.4 is 11.1 Å². The molecule has 0 radical (unpaired) electrons. The zero-order valence-corrected chi connectivity index (χ0v) is 8.77. The van der Waals surface area contributed by atoms with E-state index < -0.39 is 6.09 Å². The topological polar surface area (TPSA) is 93.2 Å². The van der Waals surface area contributed by atoms with Crippen LogP contribution in [-0.2, 0) is 6.54 Å². The third-order valence-corrected chi connectivity index (χ3v) is 2.33. The molecule has 0 saturated heterocycles. The van der Waals surface area contributed by atoms with Gasteiger partial charge in [-0.3, -0.25) is 10.00 Å². The van der Waals surface area contributed by atoms with Gasteiger partial charge in [0.15, 0.2) is 0 Å². The Kier molecular flexibility index (Phi) is 2.40. The minimum Gasteiger partial charge on any atom is -0.465 e. The van der Waals surface area contributed by atoms with Crippen LogP contribution in [0.2, 0.25) is 0 Å². The number of hydrogen-bond donors (Lipinski definition) is 3. The summed E-state index contributed by atoms with van der Waals surface area (Å²) in [4.78, 5) is 10.6. The van der Waals surface area contributed by atoms with Crippen LogP contribution in [0.1, 0.15) is 6.92 Å². The lowest BCUT2D eigenvalue weighted by molar-refractivity contribution is 0.210. The molecule has 0 unspecified atom stereocenters. The Morgan fingerprint density at radius 3 is 3.00 bits per heavy atom. The first-order valence-electron chi connectivity index (χ1n) is 4.86. The van der Waals surface area contributed by atoms with Gasteiger partial charge in [-0.25, -0.2) is 4.79 Å². The van der Waals surface area contributed by atoms with Gasteiger partial charge in [-0.2, -0.15) is 5.10 Å². The third-order valence-electron chi connectivity index (χ3n) is 2.33. The summed E-state index contributed by atoms with van der Waals surface area (Å²) < 4.78 is 1.76. The molecule has 0 fully saturated rings. The van der Waals surface area contributed by atoms with Crippen LogP contribution in [0, 0.1) is 0 Å². The lowest BCUT2D eigenvalue weighted by atomic mass is 10.2.